The van der Waals surface area contributed by atoms with Crippen molar-refractivity contribution in [3.8, 4) is 0 Å². The van der Waals surface area contributed by atoms with Gasteiger partial charge in [-0.2, -0.15) is 4.98 Å². The molecule has 1 saturated carbocycles. The quantitative estimate of drug-likeness (QED) is 0.473. The van der Waals surface area contributed by atoms with Crippen LogP contribution in [-0.4, -0.2) is 27.2 Å². The van der Waals surface area contributed by atoms with Gasteiger partial charge in [-0.3, -0.25) is 5.43 Å². The van der Waals surface area contributed by atoms with Gasteiger partial charge in [0.05, 0.1) is 12.1 Å². The summed E-state index contributed by atoms with van der Waals surface area (Å²) >= 11 is 0. The zero-order chi connectivity index (χ0) is 13.0. The summed E-state index contributed by atoms with van der Waals surface area (Å²) in [6, 6.07) is 1.79. The summed E-state index contributed by atoms with van der Waals surface area (Å²) in [6.45, 7) is 2.34. The fourth-order valence-corrected chi connectivity index (χ4v) is 2.73. The molecule has 2 rings (SSSR count). The van der Waals surface area contributed by atoms with E-state index in [1.165, 1.54) is 6.42 Å². The standard InChI is InChI=1S/C12H21N5O/c1-9-3-2-5-12(7-9,8-18)16-10-4-6-14-11(15-10)17-13/h4,6,9,18H,2-3,5,7-8,13H2,1H3,(H2,14,15,16,17). The van der Waals surface area contributed by atoms with E-state index in [1.54, 1.807) is 12.3 Å². The molecule has 0 saturated heterocycles. The van der Waals surface area contributed by atoms with Gasteiger partial charge in [-0.05, 0) is 24.8 Å². The first-order valence-electron chi connectivity index (χ1n) is 6.36. The third-order valence-electron chi connectivity index (χ3n) is 3.57. The predicted molar refractivity (Wildman–Crippen MR) is 70.9 cm³/mol. The van der Waals surface area contributed by atoms with Crippen LogP contribution in [0.5, 0.6) is 0 Å². The molecule has 1 aliphatic rings. The number of nitrogen functional groups attached to an aromatic ring is 1. The van der Waals surface area contributed by atoms with Crippen LogP contribution in [0.25, 0.3) is 0 Å². The fourth-order valence-electron chi connectivity index (χ4n) is 2.73. The Morgan fingerprint density at radius 2 is 2.44 bits per heavy atom. The lowest BCUT2D eigenvalue weighted by molar-refractivity contribution is 0.149. The van der Waals surface area contributed by atoms with Crippen molar-refractivity contribution in [1.29, 1.82) is 0 Å². The zero-order valence-electron chi connectivity index (χ0n) is 10.7. The summed E-state index contributed by atoms with van der Waals surface area (Å²) in [5.41, 5.74) is 2.15. The number of nitrogens with zero attached hydrogens (tertiary/aromatic N) is 2. The summed E-state index contributed by atoms with van der Waals surface area (Å²) in [5.74, 6) is 6.97. The molecular formula is C12H21N5O. The zero-order valence-corrected chi connectivity index (χ0v) is 10.7. The third kappa shape index (κ3) is 2.88. The molecule has 5 N–H and O–H groups in total. The van der Waals surface area contributed by atoms with Gasteiger partial charge in [0.15, 0.2) is 0 Å². The molecule has 100 valence electrons. The van der Waals surface area contributed by atoms with E-state index in [2.05, 4.69) is 27.6 Å². The first-order valence-corrected chi connectivity index (χ1v) is 6.36. The summed E-state index contributed by atoms with van der Waals surface area (Å²) in [5, 5.41) is 13.1. The second kappa shape index (κ2) is 5.49. The van der Waals surface area contributed by atoms with Crippen molar-refractivity contribution in [2.75, 3.05) is 17.3 Å². The smallest absolute Gasteiger partial charge is 0.239 e. The number of hydrogen-bond donors (Lipinski definition) is 4. The molecule has 0 amide bonds. The van der Waals surface area contributed by atoms with Gasteiger partial charge in [0.25, 0.3) is 0 Å². The normalized spacial score (nSPS) is 27.8. The molecule has 1 fully saturated rings. The van der Waals surface area contributed by atoms with Crippen LogP contribution < -0.4 is 16.6 Å². The minimum absolute atomic E-state index is 0.118. The topological polar surface area (TPSA) is 96.1 Å². The second-order valence-electron chi connectivity index (χ2n) is 5.17. The lowest BCUT2D eigenvalue weighted by atomic mass is 9.77. The van der Waals surface area contributed by atoms with Crippen molar-refractivity contribution in [2.24, 2.45) is 11.8 Å². The Balaban J connectivity index is 2.13. The van der Waals surface area contributed by atoms with E-state index in [1.807, 2.05) is 0 Å². The highest BCUT2D eigenvalue weighted by molar-refractivity contribution is 5.41. The number of rotatable bonds is 4. The molecule has 6 nitrogen and oxygen atoms in total. The van der Waals surface area contributed by atoms with Crippen LogP contribution in [0.4, 0.5) is 11.8 Å². The first kappa shape index (κ1) is 13.0. The summed E-state index contributed by atoms with van der Waals surface area (Å²) in [4.78, 5) is 8.20. The number of hydrazine groups is 1. The van der Waals surface area contributed by atoms with Crippen LogP contribution >= 0.6 is 0 Å². The lowest BCUT2D eigenvalue weighted by Gasteiger charge is -2.39. The Bertz CT molecular complexity index is 400. The van der Waals surface area contributed by atoms with Gasteiger partial charge in [0.1, 0.15) is 5.82 Å². The largest absolute Gasteiger partial charge is 0.394 e. The van der Waals surface area contributed by atoms with Crippen LogP contribution in [0.2, 0.25) is 0 Å². The van der Waals surface area contributed by atoms with Gasteiger partial charge in [-0.15, -0.1) is 0 Å². The highest BCUT2D eigenvalue weighted by Gasteiger charge is 2.34. The molecule has 1 heterocycles. The van der Waals surface area contributed by atoms with Crippen molar-refractivity contribution >= 4 is 11.8 Å². The molecule has 1 aliphatic carbocycles. The SMILES string of the molecule is CC1CCCC(CO)(Nc2ccnc(NN)n2)C1. The highest BCUT2D eigenvalue weighted by Crippen LogP contribution is 2.34. The maximum Gasteiger partial charge on any atom is 0.239 e. The Morgan fingerprint density at radius 3 is 3.11 bits per heavy atom. The molecule has 0 bridgehead atoms. The van der Waals surface area contributed by atoms with E-state index in [-0.39, 0.29) is 12.1 Å². The molecule has 1 aromatic heterocycles. The number of aromatic nitrogens is 2. The summed E-state index contributed by atoms with van der Waals surface area (Å²) < 4.78 is 0. The fraction of sp³-hybridized carbons (Fsp3) is 0.667. The maximum absolute atomic E-state index is 9.70. The summed E-state index contributed by atoms with van der Waals surface area (Å²) in [6.07, 6.45) is 5.91. The van der Waals surface area contributed by atoms with Gasteiger partial charge in [0.2, 0.25) is 5.95 Å². The molecule has 0 spiro atoms. The Kier molecular flexibility index (Phi) is 3.98. The van der Waals surface area contributed by atoms with Gasteiger partial charge in [0, 0.05) is 6.20 Å². The molecule has 1 aromatic rings. The number of anilines is 2. The van der Waals surface area contributed by atoms with Crippen LogP contribution in [0, 0.1) is 5.92 Å². The minimum Gasteiger partial charge on any atom is -0.394 e. The average molecular weight is 251 g/mol. The highest BCUT2D eigenvalue weighted by atomic mass is 16.3. The van der Waals surface area contributed by atoms with E-state index in [0.29, 0.717) is 17.7 Å². The third-order valence-corrected chi connectivity index (χ3v) is 3.57. The maximum atomic E-state index is 9.70. The molecule has 18 heavy (non-hydrogen) atoms. The van der Waals surface area contributed by atoms with Crippen molar-refractivity contribution in [1.82, 2.24) is 9.97 Å². The molecule has 0 radical (unpaired) electrons. The number of aliphatic hydroxyl groups excluding tert-OH is 1. The van der Waals surface area contributed by atoms with Gasteiger partial charge in [-0.25, -0.2) is 10.8 Å². The van der Waals surface area contributed by atoms with Crippen LogP contribution in [0.3, 0.4) is 0 Å². The van der Waals surface area contributed by atoms with Crippen LogP contribution in [-0.2, 0) is 0 Å². The number of aliphatic hydroxyl groups is 1. The number of nitrogens with one attached hydrogen (secondary N) is 2. The van der Waals surface area contributed by atoms with E-state index < -0.39 is 0 Å². The van der Waals surface area contributed by atoms with Gasteiger partial charge < -0.3 is 10.4 Å². The Hall–Kier alpha value is -1.40. The van der Waals surface area contributed by atoms with E-state index in [9.17, 15) is 5.11 Å². The lowest BCUT2D eigenvalue weighted by Crippen LogP contribution is -2.46. The average Bonchev–Trinajstić information content (AvgIpc) is 2.39. The van der Waals surface area contributed by atoms with Gasteiger partial charge in [-0.1, -0.05) is 19.8 Å². The second-order valence-corrected chi connectivity index (χ2v) is 5.17. The molecule has 2 unspecified atom stereocenters. The molecule has 6 heteroatoms. The van der Waals surface area contributed by atoms with Gasteiger partial charge >= 0.3 is 0 Å². The molecular weight excluding hydrogens is 230 g/mol. The van der Waals surface area contributed by atoms with Crippen molar-refractivity contribution in [3.63, 3.8) is 0 Å². The number of hydrogen-bond acceptors (Lipinski definition) is 6. The van der Waals surface area contributed by atoms with Crippen molar-refractivity contribution in [3.05, 3.63) is 12.3 Å². The monoisotopic (exact) mass is 251 g/mol. The molecule has 2 atom stereocenters. The molecule has 0 aromatic carbocycles. The summed E-state index contributed by atoms with van der Waals surface area (Å²) in [7, 11) is 0. The first-order chi connectivity index (χ1) is 8.67. The van der Waals surface area contributed by atoms with Crippen LogP contribution in [0.15, 0.2) is 12.3 Å². The van der Waals surface area contributed by atoms with Crippen molar-refractivity contribution < 1.29 is 5.11 Å². The minimum atomic E-state index is -0.266. The van der Waals surface area contributed by atoms with E-state index in [0.717, 1.165) is 19.3 Å². The van der Waals surface area contributed by atoms with E-state index in [4.69, 9.17) is 5.84 Å². The molecule has 0 aliphatic heterocycles. The van der Waals surface area contributed by atoms with E-state index >= 15 is 0 Å². The Morgan fingerprint density at radius 1 is 1.61 bits per heavy atom. The number of nitrogens with two attached hydrogens (primary N) is 1. The van der Waals surface area contributed by atoms with Crippen LogP contribution in [0.1, 0.15) is 32.6 Å². The van der Waals surface area contributed by atoms with Crippen molar-refractivity contribution in [2.45, 2.75) is 38.1 Å². The Labute approximate surface area is 107 Å². The predicted octanol–water partition coefficient (Wildman–Crippen LogP) is 1.12.